The molecule has 1 aliphatic heterocycles. The van der Waals surface area contributed by atoms with Crippen molar-refractivity contribution in [2.24, 2.45) is 11.7 Å². The summed E-state index contributed by atoms with van der Waals surface area (Å²) >= 11 is 0. The summed E-state index contributed by atoms with van der Waals surface area (Å²) in [6, 6.07) is 22.0. The monoisotopic (exact) mass is 454 g/mol. The third-order valence-electron chi connectivity index (χ3n) is 6.29. The SMILES string of the molecule is NC(=O)c1ccc2[nH]c(-c3ccc(OC(C(=O)c4ccccc4)C4CCNCC4)cc3)nc2c1. The van der Waals surface area contributed by atoms with Crippen molar-refractivity contribution in [1.29, 1.82) is 0 Å². The van der Waals surface area contributed by atoms with Gasteiger partial charge in [-0.05, 0) is 68.4 Å². The molecular weight excluding hydrogens is 428 g/mol. The molecule has 7 nitrogen and oxygen atoms in total. The highest BCUT2D eigenvalue weighted by atomic mass is 16.5. The number of rotatable bonds is 7. The van der Waals surface area contributed by atoms with E-state index in [-0.39, 0.29) is 11.7 Å². The van der Waals surface area contributed by atoms with Crippen molar-refractivity contribution >= 4 is 22.7 Å². The van der Waals surface area contributed by atoms with E-state index in [1.54, 1.807) is 18.2 Å². The van der Waals surface area contributed by atoms with Gasteiger partial charge in [-0.25, -0.2) is 4.98 Å². The zero-order valence-corrected chi connectivity index (χ0v) is 18.7. The molecule has 1 aromatic heterocycles. The summed E-state index contributed by atoms with van der Waals surface area (Å²) in [7, 11) is 0. The number of piperidine rings is 1. The number of fused-ring (bicyclic) bond motifs is 1. The van der Waals surface area contributed by atoms with Crippen LogP contribution in [0.15, 0.2) is 72.8 Å². The van der Waals surface area contributed by atoms with Crippen molar-refractivity contribution < 1.29 is 14.3 Å². The van der Waals surface area contributed by atoms with Crippen LogP contribution in [0.4, 0.5) is 0 Å². The number of nitrogens with zero attached hydrogens (tertiary/aromatic N) is 1. The predicted octanol–water partition coefficient (Wildman–Crippen LogP) is 3.96. The lowest BCUT2D eigenvalue weighted by Crippen LogP contribution is -2.41. The van der Waals surface area contributed by atoms with Gasteiger partial charge in [0.1, 0.15) is 11.6 Å². The summed E-state index contributed by atoms with van der Waals surface area (Å²) in [6.45, 7) is 1.77. The van der Waals surface area contributed by atoms with Crippen LogP contribution in [0, 0.1) is 5.92 Å². The number of ether oxygens (including phenoxy) is 1. The number of aromatic nitrogens is 2. The first-order valence-corrected chi connectivity index (χ1v) is 11.4. The third kappa shape index (κ3) is 4.56. The molecule has 1 fully saturated rings. The standard InChI is InChI=1S/C27H26N4O3/c28-26(33)20-8-11-22-23(16-20)31-27(30-22)19-6-9-21(10-7-19)34-25(18-12-14-29-15-13-18)24(32)17-4-2-1-3-5-17/h1-11,16,18,25,29H,12-15H2,(H2,28,33)(H,30,31). The molecule has 1 saturated heterocycles. The summed E-state index contributed by atoms with van der Waals surface area (Å²) in [5.74, 6) is 1.01. The van der Waals surface area contributed by atoms with Gasteiger partial charge in [-0.1, -0.05) is 30.3 Å². The number of benzene rings is 3. The maximum Gasteiger partial charge on any atom is 0.248 e. The number of hydrogen-bond acceptors (Lipinski definition) is 5. The Bertz CT molecular complexity index is 1310. The normalized spacial score (nSPS) is 15.2. The van der Waals surface area contributed by atoms with Crippen molar-refractivity contribution in [3.05, 3.63) is 83.9 Å². The minimum absolute atomic E-state index is 0.0131. The molecule has 0 aliphatic carbocycles. The van der Waals surface area contributed by atoms with Crippen LogP contribution in [0.5, 0.6) is 5.75 Å². The zero-order valence-electron chi connectivity index (χ0n) is 18.7. The van der Waals surface area contributed by atoms with Crippen LogP contribution in [0.2, 0.25) is 0 Å². The molecule has 5 rings (SSSR count). The van der Waals surface area contributed by atoms with Gasteiger partial charge in [0.2, 0.25) is 11.7 Å². The van der Waals surface area contributed by atoms with Gasteiger partial charge >= 0.3 is 0 Å². The molecule has 1 aliphatic rings. The van der Waals surface area contributed by atoms with E-state index in [9.17, 15) is 9.59 Å². The van der Waals surface area contributed by atoms with Crippen LogP contribution in [0.3, 0.4) is 0 Å². The average molecular weight is 455 g/mol. The number of H-pyrrole nitrogens is 1. The molecule has 4 N–H and O–H groups in total. The minimum Gasteiger partial charge on any atom is -0.482 e. The number of hydrogen-bond donors (Lipinski definition) is 3. The van der Waals surface area contributed by atoms with E-state index in [1.807, 2.05) is 54.6 Å². The van der Waals surface area contributed by atoms with Crippen LogP contribution < -0.4 is 15.8 Å². The Kier molecular flexibility index (Phi) is 6.10. The Labute approximate surface area is 197 Å². The maximum atomic E-state index is 13.3. The smallest absolute Gasteiger partial charge is 0.248 e. The van der Waals surface area contributed by atoms with E-state index in [0.717, 1.165) is 37.0 Å². The van der Waals surface area contributed by atoms with E-state index in [4.69, 9.17) is 10.5 Å². The van der Waals surface area contributed by atoms with E-state index in [1.165, 1.54) is 0 Å². The molecule has 2 heterocycles. The fourth-order valence-corrected chi connectivity index (χ4v) is 4.41. The molecule has 0 bridgehead atoms. The summed E-state index contributed by atoms with van der Waals surface area (Å²) in [4.78, 5) is 32.6. The van der Waals surface area contributed by atoms with Gasteiger partial charge in [0.25, 0.3) is 0 Å². The van der Waals surface area contributed by atoms with Crippen LogP contribution in [-0.4, -0.2) is 40.9 Å². The molecule has 0 saturated carbocycles. The second-order valence-corrected chi connectivity index (χ2v) is 8.56. The van der Waals surface area contributed by atoms with E-state index < -0.39 is 12.0 Å². The number of ketones is 1. The number of imidazole rings is 1. The molecule has 1 atom stereocenters. The third-order valence-corrected chi connectivity index (χ3v) is 6.29. The van der Waals surface area contributed by atoms with Crippen LogP contribution in [0.1, 0.15) is 33.6 Å². The number of nitrogens with one attached hydrogen (secondary N) is 2. The lowest BCUT2D eigenvalue weighted by Gasteiger charge is -2.30. The lowest BCUT2D eigenvalue weighted by atomic mass is 9.87. The summed E-state index contributed by atoms with van der Waals surface area (Å²) < 4.78 is 6.30. The maximum absolute atomic E-state index is 13.3. The number of primary amides is 1. The Morgan fingerprint density at radius 3 is 2.38 bits per heavy atom. The number of amides is 1. The molecule has 3 aromatic carbocycles. The van der Waals surface area contributed by atoms with Crippen LogP contribution >= 0.6 is 0 Å². The van der Waals surface area contributed by atoms with Crippen molar-refractivity contribution in [2.75, 3.05) is 13.1 Å². The fourth-order valence-electron chi connectivity index (χ4n) is 4.41. The molecule has 0 spiro atoms. The molecule has 172 valence electrons. The quantitative estimate of drug-likeness (QED) is 0.366. The molecular formula is C27H26N4O3. The zero-order chi connectivity index (χ0) is 23.5. The highest BCUT2D eigenvalue weighted by Crippen LogP contribution is 2.28. The van der Waals surface area contributed by atoms with Gasteiger partial charge in [-0.3, -0.25) is 9.59 Å². The fraction of sp³-hybridized carbons (Fsp3) is 0.222. The largest absolute Gasteiger partial charge is 0.482 e. The Morgan fingerprint density at radius 2 is 1.68 bits per heavy atom. The Morgan fingerprint density at radius 1 is 0.941 bits per heavy atom. The first-order valence-electron chi connectivity index (χ1n) is 11.4. The first-order chi connectivity index (χ1) is 16.6. The summed E-state index contributed by atoms with van der Waals surface area (Å²) in [5.41, 5.74) is 8.82. The summed E-state index contributed by atoms with van der Waals surface area (Å²) in [6.07, 6.45) is 1.26. The van der Waals surface area contributed by atoms with Crippen LogP contribution in [-0.2, 0) is 0 Å². The number of aromatic amines is 1. The molecule has 4 aromatic rings. The van der Waals surface area contributed by atoms with Gasteiger partial charge < -0.3 is 20.8 Å². The molecule has 1 amide bonds. The molecule has 1 unspecified atom stereocenters. The van der Waals surface area contributed by atoms with Gasteiger partial charge in [0.05, 0.1) is 11.0 Å². The topological polar surface area (TPSA) is 110 Å². The van der Waals surface area contributed by atoms with E-state index >= 15 is 0 Å². The molecule has 7 heteroatoms. The highest BCUT2D eigenvalue weighted by molar-refractivity contribution is 6.00. The van der Waals surface area contributed by atoms with Crippen molar-refractivity contribution in [1.82, 2.24) is 15.3 Å². The number of carbonyl (C=O) groups is 2. The van der Waals surface area contributed by atoms with E-state index in [2.05, 4.69) is 15.3 Å². The highest BCUT2D eigenvalue weighted by Gasteiger charge is 2.32. The van der Waals surface area contributed by atoms with Crippen molar-refractivity contribution in [2.45, 2.75) is 18.9 Å². The number of Topliss-reactive ketones (excluding diaryl/α,β-unsaturated/α-hetero) is 1. The number of nitrogens with two attached hydrogens (primary N) is 1. The van der Waals surface area contributed by atoms with Gasteiger partial charge in [0.15, 0.2) is 6.10 Å². The van der Waals surface area contributed by atoms with Gasteiger partial charge in [-0.15, -0.1) is 0 Å². The van der Waals surface area contributed by atoms with Crippen molar-refractivity contribution in [3.63, 3.8) is 0 Å². The van der Waals surface area contributed by atoms with Crippen molar-refractivity contribution in [3.8, 4) is 17.1 Å². The predicted molar refractivity (Wildman–Crippen MR) is 131 cm³/mol. The average Bonchev–Trinajstić information content (AvgIpc) is 3.32. The second kappa shape index (κ2) is 9.49. The second-order valence-electron chi connectivity index (χ2n) is 8.56. The first kappa shape index (κ1) is 21.9. The number of carbonyl (C=O) groups excluding carboxylic acids is 2. The van der Waals surface area contributed by atoms with Gasteiger partial charge in [0, 0.05) is 22.6 Å². The Balaban J connectivity index is 1.38. The molecule has 0 radical (unpaired) electrons. The Hall–Kier alpha value is -3.97. The van der Waals surface area contributed by atoms with Crippen LogP contribution in [0.25, 0.3) is 22.4 Å². The lowest BCUT2D eigenvalue weighted by molar-refractivity contribution is 0.0628. The molecule has 34 heavy (non-hydrogen) atoms. The summed E-state index contributed by atoms with van der Waals surface area (Å²) in [5, 5.41) is 3.36. The van der Waals surface area contributed by atoms with Gasteiger partial charge in [-0.2, -0.15) is 0 Å². The minimum atomic E-state index is -0.534. The van der Waals surface area contributed by atoms with E-state index in [0.29, 0.717) is 28.2 Å².